The highest BCUT2D eigenvalue weighted by Gasteiger charge is 2.47. The first-order chi connectivity index (χ1) is 14.8. The number of hydrogen-bond acceptors (Lipinski definition) is 6. The summed E-state index contributed by atoms with van der Waals surface area (Å²) in [4.78, 5) is 69.7. The first kappa shape index (κ1) is 19.7. The van der Waals surface area contributed by atoms with Gasteiger partial charge in [-0.25, -0.2) is 9.78 Å². The first-order valence-electron chi connectivity index (χ1n) is 10.5. The van der Waals surface area contributed by atoms with Crippen molar-refractivity contribution in [2.45, 2.75) is 63.2 Å². The van der Waals surface area contributed by atoms with E-state index in [1.165, 1.54) is 34.5 Å². The van der Waals surface area contributed by atoms with Crippen LogP contribution in [-0.4, -0.2) is 64.3 Å². The first-order valence-corrected chi connectivity index (χ1v) is 10.5. The predicted octanol–water partition coefficient (Wildman–Crippen LogP) is -0.895. The summed E-state index contributed by atoms with van der Waals surface area (Å²) in [6, 6.07) is -0.196. The Labute approximate surface area is 176 Å². The van der Waals surface area contributed by atoms with Crippen molar-refractivity contribution in [3.05, 3.63) is 27.2 Å². The lowest BCUT2D eigenvalue weighted by Gasteiger charge is -2.41. The minimum absolute atomic E-state index is 0.0283. The number of amides is 3. The van der Waals surface area contributed by atoms with Crippen molar-refractivity contribution in [3.63, 3.8) is 0 Å². The third-order valence-corrected chi connectivity index (χ3v) is 6.97. The molecule has 0 saturated carbocycles. The zero-order chi connectivity index (χ0) is 22.0. The lowest BCUT2D eigenvalue weighted by Crippen LogP contribution is -2.54. The number of nitrogens with zero attached hydrogens (tertiary/aromatic N) is 6. The standard InChI is InChI=1S/C20H24N6O5/c1-22-18-17(19(30)23(2)20(22)31)24(10-21-18)9-16(29)25-11-3-4-12(25)8-13(7-11)26-14(27)5-6-15(26)28/h10-13H,3-9H2,1-2H3. The maximum absolute atomic E-state index is 13.2. The molecule has 2 aromatic heterocycles. The number of aryl methyl sites for hydroxylation is 1. The minimum Gasteiger partial charge on any atom is -0.335 e. The molecule has 164 valence electrons. The van der Waals surface area contributed by atoms with E-state index in [9.17, 15) is 24.0 Å². The normalized spacial score (nSPS) is 25.8. The SMILES string of the molecule is Cn1c(=O)c2c(ncn2CC(=O)N2C3CCC2CC(N2C(=O)CCC2=O)C3)n(C)c1=O. The van der Waals surface area contributed by atoms with Gasteiger partial charge in [0.15, 0.2) is 11.2 Å². The summed E-state index contributed by atoms with van der Waals surface area (Å²) >= 11 is 0. The average molecular weight is 428 g/mol. The van der Waals surface area contributed by atoms with Gasteiger partial charge in [0.25, 0.3) is 5.56 Å². The van der Waals surface area contributed by atoms with Gasteiger partial charge in [-0.2, -0.15) is 0 Å². The van der Waals surface area contributed by atoms with E-state index in [1.54, 1.807) is 0 Å². The van der Waals surface area contributed by atoms with Crippen molar-refractivity contribution in [2.24, 2.45) is 14.1 Å². The molecule has 2 bridgehead atoms. The number of imidazole rings is 1. The van der Waals surface area contributed by atoms with Gasteiger partial charge in [-0.1, -0.05) is 0 Å². The fraction of sp³-hybridized carbons (Fsp3) is 0.600. The highest BCUT2D eigenvalue weighted by Crippen LogP contribution is 2.39. The molecule has 3 aliphatic heterocycles. The summed E-state index contributed by atoms with van der Waals surface area (Å²) in [6.45, 7) is -0.0524. The second-order valence-corrected chi connectivity index (χ2v) is 8.72. The number of piperidine rings is 1. The smallest absolute Gasteiger partial charge is 0.332 e. The van der Waals surface area contributed by atoms with Crippen molar-refractivity contribution in [3.8, 4) is 0 Å². The molecule has 0 aliphatic carbocycles. The molecule has 0 aromatic carbocycles. The zero-order valence-electron chi connectivity index (χ0n) is 17.5. The molecular weight excluding hydrogens is 404 g/mol. The predicted molar refractivity (Wildman–Crippen MR) is 108 cm³/mol. The molecule has 5 heterocycles. The van der Waals surface area contributed by atoms with E-state index >= 15 is 0 Å². The minimum atomic E-state index is -0.490. The molecule has 0 N–H and O–H groups in total. The van der Waals surface area contributed by atoms with Crippen LogP contribution in [0, 0.1) is 0 Å². The van der Waals surface area contributed by atoms with Crippen LogP contribution in [0.3, 0.4) is 0 Å². The number of aromatic nitrogens is 4. The zero-order valence-corrected chi connectivity index (χ0v) is 17.5. The van der Waals surface area contributed by atoms with E-state index in [-0.39, 0.29) is 66.4 Å². The third-order valence-electron chi connectivity index (χ3n) is 6.97. The number of likely N-dealkylation sites (tertiary alicyclic amines) is 1. The lowest BCUT2D eigenvalue weighted by molar-refractivity contribution is -0.144. The van der Waals surface area contributed by atoms with Crippen LogP contribution in [0.2, 0.25) is 0 Å². The largest absolute Gasteiger partial charge is 0.335 e. The number of fused-ring (bicyclic) bond motifs is 3. The molecule has 31 heavy (non-hydrogen) atoms. The van der Waals surface area contributed by atoms with Gasteiger partial charge < -0.3 is 9.47 Å². The molecule has 11 heteroatoms. The molecule has 2 unspecified atom stereocenters. The molecule has 3 fully saturated rings. The maximum atomic E-state index is 13.2. The van der Waals surface area contributed by atoms with E-state index in [2.05, 4.69) is 4.98 Å². The quantitative estimate of drug-likeness (QED) is 0.585. The summed E-state index contributed by atoms with van der Waals surface area (Å²) in [5, 5.41) is 0. The number of carbonyl (C=O) groups is 3. The van der Waals surface area contributed by atoms with Crippen molar-refractivity contribution >= 4 is 28.9 Å². The molecule has 0 spiro atoms. The van der Waals surface area contributed by atoms with Gasteiger partial charge in [-0.3, -0.25) is 33.2 Å². The van der Waals surface area contributed by atoms with E-state index in [1.807, 2.05) is 4.90 Å². The molecule has 2 atom stereocenters. The van der Waals surface area contributed by atoms with Gasteiger partial charge in [-0.05, 0) is 25.7 Å². The topological polar surface area (TPSA) is 120 Å². The molecule has 3 saturated heterocycles. The van der Waals surface area contributed by atoms with Crippen LogP contribution < -0.4 is 11.2 Å². The van der Waals surface area contributed by atoms with Crippen LogP contribution in [0.15, 0.2) is 15.9 Å². The lowest BCUT2D eigenvalue weighted by atomic mass is 9.96. The average Bonchev–Trinajstić information content (AvgIpc) is 3.38. The highest BCUT2D eigenvalue weighted by molar-refractivity contribution is 6.02. The summed E-state index contributed by atoms with van der Waals surface area (Å²) in [7, 11) is 2.93. The third kappa shape index (κ3) is 2.86. The highest BCUT2D eigenvalue weighted by atomic mass is 16.2. The number of rotatable bonds is 3. The van der Waals surface area contributed by atoms with E-state index < -0.39 is 11.2 Å². The Kier molecular flexibility index (Phi) is 4.38. The molecular formula is C20H24N6O5. The van der Waals surface area contributed by atoms with Gasteiger partial charge in [-0.15, -0.1) is 0 Å². The van der Waals surface area contributed by atoms with Crippen molar-refractivity contribution in [1.29, 1.82) is 0 Å². The van der Waals surface area contributed by atoms with Crippen LogP contribution in [0.4, 0.5) is 0 Å². The number of imide groups is 1. The van der Waals surface area contributed by atoms with Crippen LogP contribution in [0.25, 0.3) is 11.2 Å². The fourth-order valence-electron chi connectivity index (χ4n) is 5.51. The molecule has 2 aromatic rings. The Morgan fingerprint density at radius 1 is 0.968 bits per heavy atom. The van der Waals surface area contributed by atoms with Gasteiger partial charge in [0, 0.05) is 45.1 Å². The van der Waals surface area contributed by atoms with Gasteiger partial charge >= 0.3 is 5.69 Å². The summed E-state index contributed by atoms with van der Waals surface area (Å²) in [5.74, 6) is -0.346. The number of carbonyl (C=O) groups excluding carboxylic acids is 3. The Bertz CT molecular complexity index is 1210. The maximum Gasteiger partial charge on any atom is 0.332 e. The van der Waals surface area contributed by atoms with Crippen molar-refractivity contribution in [2.75, 3.05) is 0 Å². The summed E-state index contributed by atoms with van der Waals surface area (Å²) in [5.41, 5.74) is -0.501. The van der Waals surface area contributed by atoms with Gasteiger partial charge in [0.05, 0.1) is 6.33 Å². The summed E-state index contributed by atoms with van der Waals surface area (Å²) in [6.07, 6.45) is 4.84. The monoisotopic (exact) mass is 428 g/mol. The summed E-state index contributed by atoms with van der Waals surface area (Å²) < 4.78 is 3.79. The van der Waals surface area contributed by atoms with Crippen LogP contribution >= 0.6 is 0 Å². The van der Waals surface area contributed by atoms with Crippen molar-refractivity contribution < 1.29 is 14.4 Å². The van der Waals surface area contributed by atoms with E-state index in [0.29, 0.717) is 12.8 Å². The van der Waals surface area contributed by atoms with Crippen molar-refractivity contribution in [1.82, 2.24) is 28.5 Å². The van der Waals surface area contributed by atoms with Crippen LogP contribution in [0.1, 0.15) is 38.5 Å². The van der Waals surface area contributed by atoms with E-state index in [0.717, 1.165) is 17.4 Å². The van der Waals surface area contributed by atoms with E-state index in [4.69, 9.17) is 0 Å². The van der Waals surface area contributed by atoms with Gasteiger partial charge in [0.1, 0.15) is 6.54 Å². The molecule has 3 amide bonds. The number of hydrogen-bond donors (Lipinski definition) is 0. The molecule has 11 nitrogen and oxygen atoms in total. The van der Waals surface area contributed by atoms with Crippen LogP contribution in [0.5, 0.6) is 0 Å². The molecule has 5 rings (SSSR count). The molecule has 0 radical (unpaired) electrons. The Hall–Kier alpha value is -3.24. The fourth-order valence-corrected chi connectivity index (χ4v) is 5.51. The second kappa shape index (κ2) is 6.89. The Balaban J connectivity index is 1.39. The second-order valence-electron chi connectivity index (χ2n) is 8.72. The van der Waals surface area contributed by atoms with Crippen LogP contribution in [-0.2, 0) is 35.0 Å². The Morgan fingerprint density at radius 2 is 1.58 bits per heavy atom. The van der Waals surface area contributed by atoms with Gasteiger partial charge in [0.2, 0.25) is 17.7 Å². The Morgan fingerprint density at radius 3 is 2.19 bits per heavy atom. The molecule has 3 aliphatic rings.